The molecule has 0 aliphatic rings. The topological polar surface area (TPSA) is 46.5 Å². The number of aromatic hydroxyl groups is 1. The van der Waals surface area contributed by atoms with Crippen molar-refractivity contribution in [1.82, 2.24) is 0 Å². The first kappa shape index (κ1) is 13.9. The highest BCUT2D eigenvalue weighted by molar-refractivity contribution is 5.94. The van der Waals surface area contributed by atoms with E-state index in [1.54, 1.807) is 30.3 Å². The molecular formula is C19H14O3. The minimum atomic E-state index is -0.486. The molecule has 0 heterocycles. The molecule has 0 radical (unpaired) electrons. The fraction of sp³-hybridized carbons (Fsp3) is 0. The van der Waals surface area contributed by atoms with Crippen molar-refractivity contribution in [3.63, 3.8) is 0 Å². The maximum absolute atomic E-state index is 12.0. The molecule has 0 aliphatic carbocycles. The van der Waals surface area contributed by atoms with Crippen LogP contribution in [0, 0.1) is 0 Å². The number of phenolic OH excluding ortho intramolecular Hbond substituents is 1. The predicted molar refractivity (Wildman–Crippen MR) is 86.7 cm³/mol. The van der Waals surface area contributed by atoms with Crippen molar-refractivity contribution in [2.75, 3.05) is 0 Å². The number of para-hydroxylation sites is 1. The molecular weight excluding hydrogens is 276 g/mol. The van der Waals surface area contributed by atoms with E-state index in [-0.39, 0.29) is 5.75 Å². The quantitative estimate of drug-likeness (QED) is 0.447. The maximum Gasteiger partial charge on any atom is 0.336 e. The van der Waals surface area contributed by atoms with Crippen LogP contribution in [0.15, 0.2) is 72.8 Å². The monoisotopic (exact) mass is 290 g/mol. The number of hydrogen-bond donors (Lipinski definition) is 1. The fourth-order valence-corrected chi connectivity index (χ4v) is 2.21. The normalized spacial score (nSPS) is 10.9. The van der Waals surface area contributed by atoms with Crippen LogP contribution in [-0.4, -0.2) is 11.1 Å². The van der Waals surface area contributed by atoms with Crippen molar-refractivity contribution in [2.45, 2.75) is 0 Å². The molecule has 3 rings (SSSR count). The molecule has 108 valence electrons. The molecule has 22 heavy (non-hydrogen) atoms. The Morgan fingerprint density at radius 2 is 1.64 bits per heavy atom. The lowest BCUT2D eigenvalue weighted by Gasteiger charge is -2.05. The van der Waals surface area contributed by atoms with Gasteiger partial charge in [-0.2, -0.15) is 0 Å². The van der Waals surface area contributed by atoms with Gasteiger partial charge in [0.1, 0.15) is 11.5 Å². The summed E-state index contributed by atoms with van der Waals surface area (Å²) in [6, 6.07) is 20.1. The van der Waals surface area contributed by atoms with Gasteiger partial charge in [-0.05, 0) is 23.6 Å². The first-order valence-corrected chi connectivity index (χ1v) is 6.90. The number of benzene rings is 3. The Bertz CT molecular complexity index is 845. The summed E-state index contributed by atoms with van der Waals surface area (Å²) in [6.07, 6.45) is 2.83. The highest BCUT2D eigenvalue weighted by Crippen LogP contribution is 2.25. The lowest BCUT2D eigenvalue weighted by Crippen LogP contribution is -2.03. The van der Waals surface area contributed by atoms with E-state index >= 15 is 0 Å². The lowest BCUT2D eigenvalue weighted by molar-refractivity contribution is -0.128. The Balaban J connectivity index is 1.81. The van der Waals surface area contributed by atoms with Gasteiger partial charge in [-0.1, -0.05) is 54.6 Å². The van der Waals surface area contributed by atoms with E-state index in [9.17, 15) is 9.90 Å². The number of rotatable bonds is 3. The molecule has 0 fully saturated rings. The number of phenols is 1. The minimum Gasteiger partial charge on any atom is -0.507 e. The molecule has 0 atom stereocenters. The Morgan fingerprint density at radius 3 is 2.50 bits per heavy atom. The molecule has 3 heteroatoms. The average Bonchev–Trinajstić information content (AvgIpc) is 2.54. The van der Waals surface area contributed by atoms with Gasteiger partial charge >= 0.3 is 5.97 Å². The number of esters is 1. The van der Waals surface area contributed by atoms with Gasteiger partial charge in [0, 0.05) is 17.0 Å². The minimum absolute atomic E-state index is 0.122. The molecule has 1 N–H and O–H groups in total. The molecule has 0 saturated heterocycles. The maximum atomic E-state index is 12.0. The Hall–Kier alpha value is -3.07. The van der Waals surface area contributed by atoms with Gasteiger partial charge in [0.05, 0.1) is 0 Å². The van der Waals surface area contributed by atoms with Gasteiger partial charge in [-0.3, -0.25) is 0 Å². The van der Waals surface area contributed by atoms with Crippen molar-refractivity contribution in [1.29, 1.82) is 0 Å². The molecule has 3 aromatic carbocycles. The van der Waals surface area contributed by atoms with Crippen LogP contribution in [-0.2, 0) is 4.79 Å². The first-order chi connectivity index (χ1) is 10.7. The van der Waals surface area contributed by atoms with Gasteiger partial charge < -0.3 is 9.84 Å². The van der Waals surface area contributed by atoms with Crippen molar-refractivity contribution in [2.24, 2.45) is 0 Å². The number of carbonyl (C=O) groups is 1. The molecule has 0 unspecified atom stereocenters. The summed E-state index contributed by atoms with van der Waals surface area (Å²) in [5.74, 6) is 0.154. The SMILES string of the molecule is O=C(/C=C/c1ccccc1O)Oc1cccc2ccccc12. The van der Waals surface area contributed by atoms with Gasteiger partial charge in [-0.25, -0.2) is 4.79 Å². The van der Waals surface area contributed by atoms with Crippen molar-refractivity contribution < 1.29 is 14.6 Å². The number of fused-ring (bicyclic) bond motifs is 1. The highest BCUT2D eigenvalue weighted by Gasteiger charge is 2.05. The largest absolute Gasteiger partial charge is 0.507 e. The molecule has 0 spiro atoms. The van der Waals surface area contributed by atoms with Crippen molar-refractivity contribution in [3.05, 3.63) is 78.4 Å². The van der Waals surface area contributed by atoms with Crippen LogP contribution in [0.2, 0.25) is 0 Å². The summed E-state index contributed by atoms with van der Waals surface area (Å²) in [7, 11) is 0. The van der Waals surface area contributed by atoms with E-state index in [0.717, 1.165) is 10.8 Å². The first-order valence-electron chi connectivity index (χ1n) is 6.90. The van der Waals surface area contributed by atoms with Crippen LogP contribution < -0.4 is 4.74 Å². The second-order valence-corrected chi connectivity index (χ2v) is 4.79. The third-order valence-electron chi connectivity index (χ3n) is 3.30. The fourth-order valence-electron chi connectivity index (χ4n) is 2.21. The zero-order valence-electron chi connectivity index (χ0n) is 11.8. The van der Waals surface area contributed by atoms with E-state index < -0.39 is 5.97 Å². The van der Waals surface area contributed by atoms with E-state index in [0.29, 0.717) is 11.3 Å². The van der Waals surface area contributed by atoms with Crippen LogP contribution in [0.4, 0.5) is 0 Å². The third-order valence-corrected chi connectivity index (χ3v) is 3.30. The summed E-state index contributed by atoms with van der Waals surface area (Å²) in [6.45, 7) is 0. The second-order valence-electron chi connectivity index (χ2n) is 4.79. The van der Waals surface area contributed by atoms with Gasteiger partial charge in [0.2, 0.25) is 0 Å². The molecule has 0 saturated carbocycles. The third kappa shape index (κ3) is 2.99. The van der Waals surface area contributed by atoms with Gasteiger partial charge in [0.15, 0.2) is 0 Å². The molecule has 0 amide bonds. The van der Waals surface area contributed by atoms with Crippen molar-refractivity contribution in [3.8, 4) is 11.5 Å². The zero-order chi connectivity index (χ0) is 15.4. The van der Waals surface area contributed by atoms with Crippen LogP contribution >= 0.6 is 0 Å². The molecule has 3 nitrogen and oxygen atoms in total. The van der Waals surface area contributed by atoms with Crippen molar-refractivity contribution >= 4 is 22.8 Å². The molecule has 3 aromatic rings. The predicted octanol–water partition coefficient (Wildman–Crippen LogP) is 4.16. The zero-order valence-corrected chi connectivity index (χ0v) is 11.8. The van der Waals surface area contributed by atoms with Gasteiger partial charge in [0.25, 0.3) is 0 Å². The highest BCUT2D eigenvalue weighted by atomic mass is 16.5. The molecule has 0 aliphatic heterocycles. The molecule has 0 bridgehead atoms. The van der Waals surface area contributed by atoms with Crippen LogP contribution in [0.1, 0.15) is 5.56 Å². The van der Waals surface area contributed by atoms with Crippen LogP contribution in [0.5, 0.6) is 11.5 Å². The van der Waals surface area contributed by atoms with E-state index in [4.69, 9.17) is 4.74 Å². The summed E-state index contributed by atoms with van der Waals surface area (Å²) in [4.78, 5) is 12.0. The standard InChI is InChI=1S/C19H14O3/c20-17-10-4-2-7-15(17)12-13-19(21)22-18-11-5-8-14-6-1-3-9-16(14)18/h1-13,20H/b13-12+. The smallest absolute Gasteiger partial charge is 0.336 e. The van der Waals surface area contributed by atoms with Crippen LogP contribution in [0.25, 0.3) is 16.8 Å². The molecule has 0 aromatic heterocycles. The summed E-state index contributed by atoms with van der Waals surface area (Å²) in [5.41, 5.74) is 0.567. The summed E-state index contributed by atoms with van der Waals surface area (Å²) in [5, 5.41) is 11.5. The number of carbonyl (C=O) groups excluding carboxylic acids is 1. The van der Waals surface area contributed by atoms with Gasteiger partial charge in [-0.15, -0.1) is 0 Å². The lowest BCUT2D eigenvalue weighted by atomic mass is 10.1. The number of ether oxygens (including phenoxy) is 1. The Kier molecular flexibility index (Phi) is 3.88. The second kappa shape index (κ2) is 6.14. The van der Waals surface area contributed by atoms with Crippen LogP contribution in [0.3, 0.4) is 0 Å². The summed E-state index contributed by atoms with van der Waals surface area (Å²) >= 11 is 0. The summed E-state index contributed by atoms with van der Waals surface area (Å²) < 4.78 is 5.38. The Morgan fingerprint density at radius 1 is 0.909 bits per heavy atom. The number of hydrogen-bond acceptors (Lipinski definition) is 3. The van der Waals surface area contributed by atoms with E-state index in [1.807, 2.05) is 36.4 Å². The van der Waals surface area contributed by atoms with E-state index in [1.165, 1.54) is 12.2 Å². The van der Waals surface area contributed by atoms with E-state index in [2.05, 4.69) is 0 Å². The Labute approximate surface area is 128 Å². The average molecular weight is 290 g/mol.